The second-order valence-corrected chi connectivity index (χ2v) is 12.5. The Balaban J connectivity index is 5.01. The lowest BCUT2D eigenvalue weighted by Crippen LogP contribution is -2.32. The molecule has 2 atom stereocenters. The molecule has 0 aliphatic carbocycles. The van der Waals surface area contributed by atoms with E-state index >= 15 is 0 Å². The highest BCUT2D eigenvalue weighted by molar-refractivity contribution is 5.70. The van der Waals surface area contributed by atoms with Gasteiger partial charge in [-0.05, 0) is 62.2 Å². The fourth-order valence-electron chi connectivity index (χ4n) is 3.57. The molecule has 0 N–H and O–H groups in total. The lowest BCUT2D eigenvalue weighted by atomic mass is 10.1. The minimum atomic E-state index is -0.767. The molecule has 0 aliphatic heterocycles. The molecular formula is C32H58O9. The zero-order valence-electron chi connectivity index (χ0n) is 27.0. The molecule has 0 saturated carbocycles. The van der Waals surface area contributed by atoms with Gasteiger partial charge < -0.3 is 23.7 Å². The minimum Gasteiger partial charge on any atom is -0.466 e. The fourth-order valence-corrected chi connectivity index (χ4v) is 3.57. The Morgan fingerprint density at radius 3 is 1.32 bits per heavy atom. The summed E-state index contributed by atoms with van der Waals surface area (Å²) in [6.45, 7) is 16.5. The van der Waals surface area contributed by atoms with Crippen LogP contribution in [-0.2, 0) is 42.9 Å². The molecule has 2 unspecified atom stereocenters. The molecule has 0 aliphatic rings. The van der Waals surface area contributed by atoms with Crippen LogP contribution < -0.4 is 0 Å². The first-order chi connectivity index (χ1) is 19.3. The highest BCUT2D eigenvalue weighted by Crippen LogP contribution is 2.13. The second-order valence-electron chi connectivity index (χ2n) is 12.5. The van der Waals surface area contributed by atoms with Gasteiger partial charge in [-0.1, -0.05) is 55.4 Å². The predicted molar refractivity (Wildman–Crippen MR) is 158 cm³/mol. The fraction of sp³-hybridized carbons (Fsp3) is 0.875. The van der Waals surface area contributed by atoms with Crippen molar-refractivity contribution in [2.75, 3.05) is 26.4 Å². The number of hydrogen-bond acceptors (Lipinski definition) is 9. The normalized spacial score (nSPS) is 13.0. The topological polar surface area (TPSA) is 114 Å². The highest BCUT2D eigenvalue weighted by Gasteiger charge is 2.21. The SMILES string of the molecule is CC(C)CCC(=O)OCCCC(COCC(COC(=O)CCC(C)C)OC(=O)CCC(C)C)OC(=O)CCC(C)C. The molecule has 41 heavy (non-hydrogen) atoms. The maximum absolute atomic E-state index is 12.4. The summed E-state index contributed by atoms with van der Waals surface area (Å²) in [7, 11) is 0. The molecule has 0 spiro atoms. The van der Waals surface area contributed by atoms with Crippen molar-refractivity contribution in [3.05, 3.63) is 0 Å². The maximum atomic E-state index is 12.4. The van der Waals surface area contributed by atoms with Crippen molar-refractivity contribution in [2.45, 2.75) is 132 Å². The highest BCUT2D eigenvalue weighted by atomic mass is 16.6. The summed E-state index contributed by atoms with van der Waals surface area (Å²) < 4.78 is 27.7. The standard InChI is InChI=1S/C32H58O9/c1-23(2)11-15-29(33)38-19-9-10-27(40-31(35)17-13-25(5)6)20-37-21-28(41-32(36)18-14-26(7)8)22-39-30(34)16-12-24(3)4/h23-28H,9-22H2,1-8H3. The summed E-state index contributed by atoms with van der Waals surface area (Å²) >= 11 is 0. The minimum absolute atomic E-state index is 0.00485. The van der Waals surface area contributed by atoms with Crippen LogP contribution in [0.1, 0.15) is 120 Å². The summed E-state index contributed by atoms with van der Waals surface area (Å²) in [6, 6.07) is 0. The van der Waals surface area contributed by atoms with Crippen molar-refractivity contribution in [2.24, 2.45) is 23.7 Å². The van der Waals surface area contributed by atoms with Crippen molar-refractivity contribution in [1.29, 1.82) is 0 Å². The van der Waals surface area contributed by atoms with Crippen LogP contribution in [0.25, 0.3) is 0 Å². The predicted octanol–water partition coefficient (Wildman–Crippen LogP) is 6.44. The summed E-state index contributed by atoms with van der Waals surface area (Å²) in [5.41, 5.74) is 0. The average molecular weight is 587 g/mol. The largest absolute Gasteiger partial charge is 0.466 e. The van der Waals surface area contributed by atoms with Gasteiger partial charge in [-0.3, -0.25) is 19.2 Å². The van der Waals surface area contributed by atoms with Crippen molar-refractivity contribution in [3.63, 3.8) is 0 Å². The Hall–Kier alpha value is -2.16. The van der Waals surface area contributed by atoms with Crippen LogP contribution in [0.4, 0.5) is 0 Å². The van der Waals surface area contributed by atoms with Gasteiger partial charge in [0.2, 0.25) is 0 Å². The van der Waals surface area contributed by atoms with Gasteiger partial charge in [0.05, 0.1) is 19.8 Å². The lowest BCUT2D eigenvalue weighted by Gasteiger charge is -2.22. The molecule has 0 amide bonds. The Morgan fingerprint density at radius 2 is 0.854 bits per heavy atom. The van der Waals surface area contributed by atoms with Crippen molar-refractivity contribution >= 4 is 23.9 Å². The van der Waals surface area contributed by atoms with Gasteiger partial charge >= 0.3 is 23.9 Å². The molecular weight excluding hydrogens is 528 g/mol. The molecule has 0 aromatic heterocycles. The molecule has 0 fully saturated rings. The molecule has 0 rings (SSSR count). The number of carbonyl (C=O) groups excluding carboxylic acids is 4. The smallest absolute Gasteiger partial charge is 0.306 e. The lowest BCUT2D eigenvalue weighted by molar-refractivity contribution is -0.165. The Labute approximate surface area is 248 Å². The Morgan fingerprint density at radius 1 is 0.463 bits per heavy atom. The number of ether oxygens (including phenoxy) is 5. The van der Waals surface area contributed by atoms with Gasteiger partial charge in [-0.25, -0.2) is 0 Å². The van der Waals surface area contributed by atoms with Crippen LogP contribution in [0.5, 0.6) is 0 Å². The molecule has 0 heterocycles. The summed E-state index contributed by atoms with van der Waals surface area (Å²) in [6.07, 6.45) is 3.80. The first-order valence-electron chi connectivity index (χ1n) is 15.6. The van der Waals surface area contributed by atoms with E-state index in [1.54, 1.807) is 0 Å². The van der Waals surface area contributed by atoms with Gasteiger partial charge in [0, 0.05) is 25.7 Å². The Bertz CT molecular complexity index is 731. The summed E-state index contributed by atoms with van der Waals surface area (Å²) in [5.74, 6) is 0.268. The molecule has 9 nitrogen and oxygen atoms in total. The van der Waals surface area contributed by atoms with Gasteiger partial charge in [-0.15, -0.1) is 0 Å². The van der Waals surface area contributed by atoms with E-state index in [9.17, 15) is 19.2 Å². The summed E-state index contributed by atoms with van der Waals surface area (Å²) in [5, 5.41) is 0. The average Bonchev–Trinajstić information content (AvgIpc) is 2.88. The molecule has 0 radical (unpaired) electrons. The van der Waals surface area contributed by atoms with Crippen LogP contribution in [0.2, 0.25) is 0 Å². The van der Waals surface area contributed by atoms with Crippen molar-refractivity contribution in [3.8, 4) is 0 Å². The summed E-state index contributed by atoms with van der Waals surface area (Å²) in [4.78, 5) is 48.8. The van der Waals surface area contributed by atoms with E-state index in [2.05, 4.69) is 13.8 Å². The zero-order valence-corrected chi connectivity index (χ0v) is 27.0. The number of hydrogen-bond donors (Lipinski definition) is 0. The third-order valence-electron chi connectivity index (χ3n) is 6.27. The molecule has 0 aromatic rings. The van der Waals surface area contributed by atoms with E-state index in [0.29, 0.717) is 68.6 Å². The van der Waals surface area contributed by atoms with Crippen LogP contribution in [0, 0.1) is 23.7 Å². The van der Waals surface area contributed by atoms with E-state index in [1.165, 1.54) is 0 Å². The quantitative estimate of drug-likeness (QED) is 0.0716. The Kier molecular flexibility index (Phi) is 22.2. The first kappa shape index (κ1) is 38.8. The van der Waals surface area contributed by atoms with Crippen molar-refractivity contribution in [1.82, 2.24) is 0 Å². The van der Waals surface area contributed by atoms with Crippen LogP contribution >= 0.6 is 0 Å². The van der Waals surface area contributed by atoms with Gasteiger partial charge in [0.15, 0.2) is 6.10 Å². The monoisotopic (exact) mass is 586 g/mol. The number of esters is 4. The molecule has 9 heteroatoms. The van der Waals surface area contributed by atoms with Crippen LogP contribution in [0.15, 0.2) is 0 Å². The van der Waals surface area contributed by atoms with Gasteiger partial charge in [0.1, 0.15) is 12.7 Å². The molecule has 0 bridgehead atoms. The van der Waals surface area contributed by atoms with Crippen LogP contribution in [0.3, 0.4) is 0 Å². The molecule has 0 aromatic carbocycles. The van der Waals surface area contributed by atoms with E-state index in [1.807, 2.05) is 41.5 Å². The third kappa shape index (κ3) is 25.3. The van der Waals surface area contributed by atoms with Gasteiger partial charge in [-0.2, -0.15) is 0 Å². The van der Waals surface area contributed by atoms with E-state index < -0.39 is 12.2 Å². The number of carbonyl (C=O) groups is 4. The molecule has 0 saturated heterocycles. The van der Waals surface area contributed by atoms with E-state index in [-0.39, 0.29) is 56.7 Å². The zero-order chi connectivity index (χ0) is 31.2. The maximum Gasteiger partial charge on any atom is 0.306 e. The van der Waals surface area contributed by atoms with Gasteiger partial charge in [0.25, 0.3) is 0 Å². The molecule has 240 valence electrons. The van der Waals surface area contributed by atoms with Crippen LogP contribution in [-0.4, -0.2) is 62.5 Å². The number of rotatable bonds is 24. The van der Waals surface area contributed by atoms with E-state index in [4.69, 9.17) is 23.7 Å². The van der Waals surface area contributed by atoms with Crippen molar-refractivity contribution < 1.29 is 42.9 Å². The first-order valence-corrected chi connectivity index (χ1v) is 15.6. The van der Waals surface area contributed by atoms with E-state index in [0.717, 1.165) is 12.8 Å². The second kappa shape index (κ2) is 23.4. The third-order valence-corrected chi connectivity index (χ3v) is 6.27.